The highest BCUT2D eigenvalue weighted by molar-refractivity contribution is 6.30. The summed E-state index contributed by atoms with van der Waals surface area (Å²) in [4.78, 5) is 115. The zero-order valence-electron chi connectivity index (χ0n) is 45.5. The molecule has 0 radical (unpaired) electrons. The van der Waals surface area contributed by atoms with E-state index in [2.05, 4.69) is 53.2 Å². The number of carboxylic acid groups (broad SMARTS) is 2. The largest absolute Gasteiger partial charge is 0.478 e. The van der Waals surface area contributed by atoms with E-state index in [0.29, 0.717) is 35.0 Å². The summed E-state index contributed by atoms with van der Waals surface area (Å²) in [6, 6.07) is 12.8. The van der Waals surface area contributed by atoms with E-state index in [-0.39, 0.29) is 54.3 Å². The number of ether oxygens (including phenoxy) is 4. The van der Waals surface area contributed by atoms with Crippen molar-refractivity contribution >= 4 is 69.1 Å². The number of hydrogen-bond donors (Lipinski definition) is 4. The van der Waals surface area contributed by atoms with Crippen molar-refractivity contribution in [3.05, 3.63) is 159 Å². The molecule has 4 N–H and O–H groups in total. The Bertz CT molecular complexity index is 3470. The number of nitrogens with zero attached hydrogens (tertiary/aromatic N) is 6. The number of rotatable bonds is 10. The van der Waals surface area contributed by atoms with Gasteiger partial charge in [-0.2, -0.15) is 0 Å². The van der Waals surface area contributed by atoms with Gasteiger partial charge in [0.15, 0.2) is 33.2 Å². The highest BCUT2D eigenvalue weighted by Gasteiger charge is 2.40. The van der Waals surface area contributed by atoms with E-state index in [1.165, 1.54) is 59.1 Å². The second-order valence-electron chi connectivity index (χ2n) is 19.0. The number of H-pyrrole nitrogens is 2. The quantitative estimate of drug-likeness (QED) is 0.0732. The molecule has 26 heteroatoms. The number of hydrogen-bond acceptors (Lipinski definition) is 16. The Morgan fingerprint density at radius 3 is 1.36 bits per heavy atom. The van der Waals surface area contributed by atoms with Gasteiger partial charge in [0.2, 0.25) is 12.2 Å². The van der Waals surface area contributed by atoms with Gasteiger partial charge in [-0.3, -0.25) is 34.3 Å². The lowest BCUT2D eigenvalue weighted by atomic mass is 10.0. The third-order valence-corrected chi connectivity index (χ3v) is 12.6. The lowest BCUT2D eigenvalue weighted by Crippen LogP contribution is -2.45. The summed E-state index contributed by atoms with van der Waals surface area (Å²) in [5.41, 5.74) is 1.10. The Morgan fingerprint density at radius 1 is 0.663 bits per heavy atom. The molecule has 2 aliphatic heterocycles. The number of aromatic nitrogens is 8. The first-order valence-corrected chi connectivity index (χ1v) is 26.0. The highest BCUT2D eigenvalue weighted by atomic mass is 35.5. The zero-order chi connectivity index (χ0) is 60.0. The molecule has 0 saturated carbocycles. The lowest BCUT2D eigenvalue weighted by Gasteiger charge is -2.20. The van der Waals surface area contributed by atoms with Crippen LogP contribution in [0.1, 0.15) is 134 Å². The van der Waals surface area contributed by atoms with Crippen LogP contribution < -0.4 is 22.5 Å². The van der Waals surface area contributed by atoms with Crippen LogP contribution in [0.2, 0.25) is 10.3 Å². The number of carbonyl (C=O) groups excluding carboxylic acids is 2. The fourth-order valence-electron chi connectivity index (χ4n) is 8.10. The first kappa shape index (κ1) is 69.2. The van der Waals surface area contributed by atoms with Crippen LogP contribution in [0.5, 0.6) is 0 Å². The first-order valence-electron chi connectivity index (χ1n) is 25.3. The maximum atomic E-state index is 13.7. The zero-order valence-corrected chi connectivity index (χ0v) is 47.1. The number of benzene rings is 1. The molecule has 9 rings (SSSR count). The molecule has 0 spiro atoms. The molecule has 4 atom stereocenters. The smallest absolute Gasteiger partial charge is 0.349 e. The molecule has 6 aromatic heterocycles. The van der Waals surface area contributed by atoms with Gasteiger partial charge in [0.1, 0.15) is 0 Å². The Morgan fingerprint density at radius 2 is 1.05 bits per heavy atom. The van der Waals surface area contributed by atoms with E-state index >= 15 is 0 Å². The summed E-state index contributed by atoms with van der Waals surface area (Å²) < 4.78 is 49.2. The highest BCUT2D eigenvalue weighted by Crippen LogP contribution is 2.28. The number of esters is 2. The van der Waals surface area contributed by atoms with Crippen LogP contribution in [0, 0.1) is 25.5 Å². The Labute approximate surface area is 485 Å². The summed E-state index contributed by atoms with van der Waals surface area (Å²) in [7, 11) is 0. The third kappa shape index (κ3) is 18.0. The molecule has 2 unspecified atom stereocenters. The fraction of sp³-hybridized carbons (Fsp3) is 0.404. The molecule has 2 aliphatic rings. The van der Waals surface area contributed by atoms with Crippen molar-refractivity contribution in [1.82, 2.24) is 39.0 Å². The lowest BCUT2D eigenvalue weighted by molar-refractivity contribution is -0.177. The van der Waals surface area contributed by atoms with Crippen LogP contribution in [0.3, 0.4) is 0 Å². The molecule has 0 aliphatic carbocycles. The van der Waals surface area contributed by atoms with Crippen molar-refractivity contribution in [3.8, 4) is 11.4 Å². The van der Waals surface area contributed by atoms with Crippen molar-refractivity contribution in [2.24, 2.45) is 0 Å². The first-order chi connectivity index (χ1) is 38.2. The fourth-order valence-corrected chi connectivity index (χ4v) is 8.37. The van der Waals surface area contributed by atoms with Crippen molar-refractivity contribution in [2.75, 3.05) is 13.2 Å². The van der Waals surface area contributed by atoms with Gasteiger partial charge < -0.3 is 29.2 Å². The molecule has 22 nitrogen and oxygen atoms in total. The third-order valence-electron chi connectivity index (χ3n) is 12.0. The molecule has 7 aromatic rings. The molecule has 1 aromatic carbocycles. The van der Waals surface area contributed by atoms with Crippen LogP contribution >= 0.6 is 23.2 Å². The van der Waals surface area contributed by atoms with Gasteiger partial charge in [0.25, 0.3) is 11.1 Å². The molecule has 0 bridgehead atoms. The molecule has 448 valence electrons. The maximum absolute atomic E-state index is 13.7. The standard InChI is InChI=1S/2C16H14ClFN4O2.C13H12O8.2C5H10O.2CH4/c2*1-7(2)11-12(8(3)4-5-19-11)22-14-9(15(23)21-16(22)24)6-10(18)13(17)20-14;1-7(14)20-9(11(15)16)10(12(17)18)21-13(19)8-5-3-2-4-6-8;2*1-5-3-2-4-6-5;;/h2*4-7H,1-3H3,(H,21,23,24);2-6,9-10H,1H3,(H,15,16)(H,17,18);2*5H,2-4H2,1H3;2*1H4/t;;9-,10-;;;;/m..1..../s1. The Hall–Kier alpha value is -8.06. The van der Waals surface area contributed by atoms with E-state index in [9.17, 15) is 47.1 Å². The molecule has 83 heavy (non-hydrogen) atoms. The normalized spacial score (nSPS) is 14.8. The van der Waals surface area contributed by atoms with Crippen LogP contribution in [0.4, 0.5) is 8.78 Å². The van der Waals surface area contributed by atoms with Crippen molar-refractivity contribution in [1.29, 1.82) is 0 Å². The van der Waals surface area contributed by atoms with Gasteiger partial charge in [-0.1, -0.05) is 83.9 Å². The SMILES string of the molecule is C.C.CC(=O)O[C@@H](C(=O)O)[C@@H](OC(=O)c1ccccc1)C(=O)O.CC1CCCO1.CC1CCCO1.Cc1ccnc(C(C)C)c1-n1c(=O)[nH]c(=O)c2cc(F)c(Cl)nc21.Cc1ccnc(C(C)C)c1-n1c(=O)[nH]c(=O)c2cc(F)c(Cl)nc21. The van der Waals surface area contributed by atoms with E-state index in [1.807, 2.05) is 41.5 Å². The van der Waals surface area contributed by atoms with Gasteiger partial charge in [-0.25, -0.2) is 51.9 Å². The second kappa shape index (κ2) is 31.4. The number of halogens is 4. The van der Waals surface area contributed by atoms with Gasteiger partial charge in [0.05, 0.1) is 51.3 Å². The number of fused-ring (bicyclic) bond motifs is 2. The monoisotopic (exact) mass is 1200 g/mol. The predicted molar refractivity (Wildman–Crippen MR) is 308 cm³/mol. The molecule has 8 heterocycles. The number of pyridine rings is 4. The molecule has 2 saturated heterocycles. The molecule has 2 fully saturated rings. The number of aromatic amines is 2. The van der Waals surface area contributed by atoms with Gasteiger partial charge in [0, 0.05) is 32.5 Å². The number of aryl methyl sites for hydroxylation is 2. The van der Waals surface area contributed by atoms with Crippen LogP contribution in [0.25, 0.3) is 33.4 Å². The van der Waals surface area contributed by atoms with Crippen molar-refractivity contribution in [2.45, 2.75) is 139 Å². The van der Waals surface area contributed by atoms with Crippen molar-refractivity contribution < 1.29 is 57.1 Å². The molecular formula is C57H68Cl2F2N8O14. The number of carboxylic acids is 2. The minimum absolute atomic E-state index is 0. The minimum atomic E-state index is -2.15. The van der Waals surface area contributed by atoms with Gasteiger partial charge >= 0.3 is 35.3 Å². The van der Waals surface area contributed by atoms with Crippen LogP contribution in [0.15, 0.2) is 86.2 Å². The molecular weight excluding hydrogens is 1130 g/mol. The van der Waals surface area contributed by atoms with Crippen LogP contribution in [-0.4, -0.2) is 111 Å². The topological polar surface area (TPSA) is 307 Å². The average Bonchev–Trinajstić information content (AvgIpc) is 4.15. The summed E-state index contributed by atoms with van der Waals surface area (Å²) >= 11 is 11.5. The Kier molecular flexibility index (Phi) is 26.2. The van der Waals surface area contributed by atoms with E-state index < -0.39 is 80.5 Å². The average molecular weight is 1200 g/mol. The van der Waals surface area contributed by atoms with Gasteiger partial charge in [-0.05, 0) is 113 Å². The Balaban J connectivity index is 0.000000292. The predicted octanol–water partition coefficient (Wildman–Crippen LogP) is 9.34. The van der Waals surface area contributed by atoms with E-state index in [0.717, 1.165) is 43.4 Å². The summed E-state index contributed by atoms with van der Waals surface area (Å²) in [5.74, 6) is -7.15. The molecule has 0 amide bonds. The summed E-state index contributed by atoms with van der Waals surface area (Å²) in [6.45, 7) is 18.5. The van der Waals surface area contributed by atoms with Crippen LogP contribution in [-0.2, 0) is 33.3 Å². The number of carbonyl (C=O) groups is 4. The van der Waals surface area contributed by atoms with Gasteiger partial charge in [-0.15, -0.1) is 0 Å². The number of aliphatic carboxylic acids is 2. The van der Waals surface area contributed by atoms with E-state index in [1.54, 1.807) is 30.6 Å². The summed E-state index contributed by atoms with van der Waals surface area (Å²) in [6.07, 6.45) is 5.16. The minimum Gasteiger partial charge on any atom is -0.478 e. The van der Waals surface area contributed by atoms with Crippen molar-refractivity contribution in [3.63, 3.8) is 0 Å². The second-order valence-corrected chi connectivity index (χ2v) is 19.7. The summed E-state index contributed by atoms with van der Waals surface area (Å²) in [5, 5.41) is 16.9. The maximum Gasteiger partial charge on any atom is 0.349 e. The number of nitrogens with one attached hydrogen (secondary N) is 2. The van der Waals surface area contributed by atoms with E-state index in [4.69, 9.17) is 42.9 Å².